The molecule has 0 bridgehead atoms. The van der Waals surface area contributed by atoms with Gasteiger partial charge in [-0.15, -0.1) is 0 Å². The number of nitrogens with zero attached hydrogens (tertiary/aromatic N) is 3. The number of aromatic nitrogens is 1. The molecule has 4 rings (SSSR count). The summed E-state index contributed by atoms with van der Waals surface area (Å²) in [7, 11) is 0. The smallest absolute Gasteiger partial charge is 0.221 e. The van der Waals surface area contributed by atoms with E-state index in [2.05, 4.69) is 27.2 Å². The van der Waals surface area contributed by atoms with Crippen LogP contribution in [0, 0.1) is 0 Å². The molecule has 2 aliphatic rings. The van der Waals surface area contributed by atoms with Crippen LogP contribution in [0.3, 0.4) is 0 Å². The molecule has 3 heterocycles. The van der Waals surface area contributed by atoms with Gasteiger partial charge in [0.1, 0.15) is 0 Å². The summed E-state index contributed by atoms with van der Waals surface area (Å²) in [6.07, 6.45) is 2.35. The van der Waals surface area contributed by atoms with E-state index in [0.29, 0.717) is 6.04 Å². The average molecular weight is 368 g/mol. The van der Waals surface area contributed by atoms with Crippen LogP contribution in [0.5, 0.6) is 0 Å². The minimum Gasteiger partial charge on any atom is -0.381 e. The minimum atomic E-state index is -0.0566. The highest BCUT2D eigenvalue weighted by molar-refractivity contribution is 5.92. The lowest BCUT2D eigenvalue weighted by Gasteiger charge is -2.40. The van der Waals surface area contributed by atoms with E-state index >= 15 is 0 Å². The quantitative estimate of drug-likeness (QED) is 0.899. The van der Waals surface area contributed by atoms with Crippen LogP contribution in [0.25, 0.3) is 10.9 Å². The third-order valence-electron chi connectivity index (χ3n) is 5.57. The molecule has 2 aromatic rings. The van der Waals surface area contributed by atoms with Crippen LogP contribution in [-0.4, -0.2) is 66.1 Å². The third-order valence-corrected chi connectivity index (χ3v) is 5.57. The predicted molar refractivity (Wildman–Crippen MR) is 107 cm³/mol. The highest BCUT2D eigenvalue weighted by Gasteiger charge is 2.25. The molecule has 0 radical (unpaired) electrons. The predicted octanol–water partition coefficient (Wildman–Crippen LogP) is 2.49. The summed E-state index contributed by atoms with van der Waals surface area (Å²) in [5, 5.41) is 3.87. The van der Waals surface area contributed by atoms with Crippen molar-refractivity contribution in [2.24, 2.45) is 0 Å². The third kappa shape index (κ3) is 4.64. The van der Waals surface area contributed by atoms with Crippen molar-refractivity contribution in [3.8, 4) is 0 Å². The van der Waals surface area contributed by atoms with E-state index in [0.717, 1.165) is 68.2 Å². The molecule has 0 atom stereocenters. The summed E-state index contributed by atoms with van der Waals surface area (Å²) >= 11 is 0. The number of rotatable bonds is 4. The maximum atomic E-state index is 11.2. The topological polar surface area (TPSA) is 57.7 Å². The molecule has 2 fully saturated rings. The van der Waals surface area contributed by atoms with E-state index in [4.69, 9.17) is 9.72 Å². The molecule has 144 valence electrons. The molecule has 2 saturated heterocycles. The van der Waals surface area contributed by atoms with Gasteiger partial charge in [-0.3, -0.25) is 19.6 Å². The van der Waals surface area contributed by atoms with Crippen molar-refractivity contribution in [1.82, 2.24) is 14.8 Å². The van der Waals surface area contributed by atoms with E-state index < -0.39 is 0 Å². The first-order valence-electron chi connectivity index (χ1n) is 9.89. The van der Waals surface area contributed by atoms with Gasteiger partial charge in [-0.2, -0.15) is 0 Å². The number of pyridine rings is 1. The van der Waals surface area contributed by atoms with Gasteiger partial charge in [-0.25, -0.2) is 0 Å². The minimum absolute atomic E-state index is 0.0566. The lowest BCUT2D eigenvalue weighted by molar-refractivity contribution is -0.114. The summed E-state index contributed by atoms with van der Waals surface area (Å²) in [5.41, 5.74) is 2.89. The number of carbonyl (C=O) groups excluding carboxylic acids is 1. The molecule has 1 aromatic carbocycles. The normalized spacial score (nSPS) is 20.0. The molecule has 6 nitrogen and oxygen atoms in total. The first kappa shape index (κ1) is 18.3. The Balaban J connectivity index is 1.35. The molecule has 0 saturated carbocycles. The lowest BCUT2D eigenvalue weighted by Crippen LogP contribution is -2.51. The van der Waals surface area contributed by atoms with E-state index in [1.165, 1.54) is 19.8 Å². The van der Waals surface area contributed by atoms with E-state index in [-0.39, 0.29) is 5.91 Å². The van der Waals surface area contributed by atoms with Crippen LogP contribution in [0.2, 0.25) is 0 Å². The summed E-state index contributed by atoms with van der Waals surface area (Å²) in [4.78, 5) is 21.2. The van der Waals surface area contributed by atoms with Crippen LogP contribution < -0.4 is 5.32 Å². The van der Waals surface area contributed by atoms with Crippen LogP contribution in [0.4, 0.5) is 5.69 Å². The molecule has 0 spiro atoms. The van der Waals surface area contributed by atoms with Crippen LogP contribution in [-0.2, 0) is 16.1 Å². The van der Waals surface area contributed by atoms with Gasteiger partial charge in [0, 0.05) is 70.0 Å². The molecule has 1 amide bonds. The highest BCUT2D eigenvalue weighted by atomic mass is 16.5. The van der Waals surface area contributed by atoms with Crippen molar-refractivity contribution < 1.29 is 9.53 Å². The van der Waals surface area contributed by atoms with Gasteiger partial charge in [-0.05, 0) is 37.1 Å². The number of ether oxygens (including phenoxy) is 1. The fourth-order valence-corrected chi connectivity index (χ4v) is 4.10. The van der Waals surface area contributed by atoms with Gasteiger partial charge in [0.15, 0.2) is 0 Å². The molecular weight excluding hydrogens is 340 g/mol. The van der Waals surface area contributed by atoms with E-state index in [1.807, 2.05) is 18.2 Å². The molecule has 0 aliphatic carbocycles. The van der Waals surface area contributed by atoms with Crippen LogP contribution in [0.1, 0.15) is 25.5 Å². The Kier molecular flexibility index (Phi) is 5.66. The monoisotopic (exact) mass is 368 g/mol. The Bertz CT molecular complexity index is 796. The second-order valence-electron chi connectivity index (χ2n) is 7.55. The number of hydrogen-bond donors (Lipinski definition) is 1. The number of piperazine rings is 1. The fourth-order valence-electron chi connectivity index (χ4n) is 4.10. The van der Waals surface area contributed by atoms with Crippen molar-refractivity contribution in [3.63, 3.8) is 0 Å². The van der Waals surface area contributed by atoms with Crippen molar-refractivity contribution in [2.45, 2.75) is 32.4 Å². The molecule has 6 heteroatoms. The highest BCUT2D eigenvalue weighted by Crippen LogP contribution is 2.20. The number of carbonyl (C=O) groups is 1. The van der Waals surface area contributed by atoms with Gasteiger partial charge in [0.05, 0.1) is 11.2 Å². The van der Waals surface area contributed by atoms with Crippen LogP contribution >= 0.6 is 0 Å². The number of fused-ring (bicyclic) bond motifs is 1. The first-order valence-corrected chi connectivity index (χ1v) is 9.89. The summed E-state index contributed by atoms with van der Waals surface area (Å²) in [5.74, 6) is -0.0566. The number of nitrogens with one attached hydrogen (secondary N) is 1. The van der Waals surface area contributed by atoms with Gasteiger partial charge in [0.2, 0.25) is 5.91 Å². The Labute approximate surface area is 160 Å². The van der Waals surface area contributed by atoms with Crippen LogP contribution in [0.15, 0.2) is 30.3 Å². The zero-order chi connectivity index (χ0) is 18.6. The van der Waals surface area contributed by atoms with Crippen molar-refractivity contribution in [2.75, 3.05) is 44.7 Å². The number of anilines is 1. The van der Waals surface area contributed by atoms with Crippen molar-refractivity contribution >= 4 is 22.5 Å². The second kappa shape index (κ2) is 8.33. The van der Waals surface area contributed by atoms with Crippen molar-refractivity contribution in [3.05, 3.63) is 36.0 Å². The first-order chi connectivity index (χ1) is 13.2. The Morgan fingerprint density at radius 1 is 1.15 bits per heavy atom. The molecule has 1 aromatic heterocycles. The molecule has 0 unspecified atom stereocenters. The Morgan fingerprint density at radius 3 is 2.67 bits per heavy atom. The van der Waals surface area contributed by atoms with Gasteiger partial charge < -0.3 is 10.1 Å². The maximum absolute atomic E-state index is 11.2. The molecule has 2 aliphatic heterocycles. The van der Waals surface area contributed by atoms with Gasteiger partial charge in [0.25, 0.3) is 0 Å². The Morgan fingerprint density at radius 2 is 1.93 bits per heavy atom. The zero-order valence-electron chi connectivity index (χ0n) is 16.0. The Hall–Kier alpha value is -2.02. The SMILES string of the molecule is CC(=O)Nc1ccc2nc(CN3CCN(C4CCOCC4)CC3)ccc2c1. The van der Waals surface area contributed by atoms with E-state index in [9.17, 15) is 4.79 Å². The number of hydrogen-bond acceptors (Lipinski definition) is 5. The standard InChI is InChI=1S/C21H28N4O2/c1-16(26)22-18-4-5-21-17(14-18)2-3-19(23-21)15-24-8-10-25(11-9-24)20-6-12-27-13-7-20/h2-5,14,20H,6-13,15H2,1H3,(H,22,26). The number of benzene rings is 1. The van der Waals surface area contributed by atoms with E-state index in [1.54, 1.807) is 0 Å². The number of amides is 1. The molecule has 27 heavy (non-hydrogen) atoms. The second-order valence-corrected chi connectivity index (χ2v) is 7.55. The maximum Gasteiger partial charge on any atom is 0.221 e. The molecular formula is C21H28N4O2. The van der Waals surface area contributed by atoms with Crippen molar-refractivity contribution in [1.29, 1.82) is 0 Å². The molecule has 1 N–H and O–H groups in total. The van der Waals surface area contributed by atoms with Gasteiger partial charge in [-0.1, -0.05) is 6.07 Å². The summed E-state index contributed by atoms with van der Waals surface area (Å²) in [6, 6.07) is 10.8. The van der Waals surface area contributed by atoms with Gasteiger partial charge >= 0.3 is 0 Å². The average Bonchev–Trinajstić information content (AvgIpc) is 2.69. The fraction of sp³-hybridized carbons (Fsp3) is 0.524. The summed E-state index contributed by atoms with van der Waals surface area (Å²) in [6.45, 7) is 8.71. The lowest BCUT2D eigenvalue weighted by atomic mass is 10.1. The largest absolute Gasteiger partial charge is 0.381 e. The summed E-state index contributed by atoms with van der Waals surface area (Å²) < 4.78 is 5.49. The zero-order valence-corrected chi connectivity index (χ0v) is 16.0.